The van der Waals surface area contributed by atoms with Crippen LogP contribution in [0.1, 0.15) is 6.42 Å². The van der Waals surface area contributed by atoms with E-state index >= 15 is 0 Å². The molecule has 5 nitrogen and oxygen atoms in total. The smallest absolute Gasteiger partial charge is 0.227 e. The van der Waals surface area contributed by atoms with E-state index in [9.17, 15) is 9.18 Å². The van der Waals surface area contributed by atoms with Crippen LogP contribution in [0.25, 0.3) is 0 Å². The van der Waals surface area contributed by atoms with Crippen molar-refractivity contribution in [2.24, 2.45) is 5.73 Å². The van der Waals surface area contributed by atoms with E-state index in [-0.39, 0.29) is 30.7 Å². The Balaban J connectivity index is 2.69. The molecule has 0 aromatic heterocycles. The van der Waals surface area contributed by atoms with Gasteiger partial charge < -0.3 is 20.5 Å². The molecule has 0 aliphatic carbocycles. The maximum absolute atomic E-state index is 13.4. The molecule has 1 unspecified atom stereocenters. The fraction of sp³-hybridized carbons (Fsp3) is 0.417. The van der Waals surface area contributed by atoms with Crippen LogP contribution < -0.4 is 15.8 Å². The lowest BCUT2D eigenvalue weighted by Crippen LogP contribution is -2.28. The van der Waals surface area contributed by atoms with Gasteiger partial charge in [0.2, 0.25) is 5.91 Å². The first-order valence-electron chi connectivity index (χ1n) is 5.47. The van der Waals surface area contributed by atoms with Crippen LogP contribution in [0.5, 0.6) is 5.75 Å². The van der Waals surface area contributed by atoms with E-state index in [4.69, 9.17) is 15.2 Å². The number of halogens is 1. The van der Waals surface area contributed by atoms with Gasteiger partial charge in [-0.2, -0.15) is 0 Å². The Bertz CT molecular complexity index is 408. The maximum Gasteiger partial charge on any atom is 0.227 e. The Kier molecular flexibility index (Phi) is 5.54. The molecule has 1 amide bonds. The van der Waals surface area contributed by atoms with Crippen LogP contribution in [-0.4, -0.2) is 32.8 Å². The van der Waals surface area contributed by atoms with Crippen molar-refractivity contribution in [3.8, 4) is 5.75 Å². The molecule has 0 fully saturated rings. The number of anilines is 1. The Hall–Kier alpha value is -1.66. The Labute approximate surface area is 105 Å². The molecule has 18 heavy (non-hydrogen) atoms. The van der Waals surface area contributed by atoms with E-state index in [2.05, 4.69) is 5.32 Å². The van der Waals surface area contributed by atoms with Gasteiger partial charge in [-0.05, 0) is 12.1 Å². The summed E-state index contributed by atoms with van der Waals surface area (Å²) in [5.74, 6) is -0.417. The Morgan fingerprint density at radius 2 is 2.22 bits per heavy atom. The summed E-state index contributed by atoms with van der Waals surface area (Å²) in [5.41, 5.74) is 5.48. The third-order valence-corrected chi connectivity index (χ3v) is 2.46. The molecule has 1 aromatic rings. The van der Waals surface area contributed by atoms with E-state index in [0.717, 1.165) is 0 Å². The molecule has 0 radical (unpaired) electrons. The quantitative estimate of drug-likeness (QED) is 0.800. The number of carbonyl (C=O) groups is 1. The number of nitrogens with two attached hydrogens (primary N) is 1. The molecule has 0 aliphatic rings. The molecule has 0 bridgehead atoms. The molecule has 3 N–H and O–H groups in total. The average molecular weight is 256 g/mol. The van der Waals surface area contributed by atoms with Gasteiger partial charge in [-0.1, -0.05) is 0 Å². The summed E-state index contributed by atoms with van der Waals surface area (Å²) in [6, 6.07) is 4.12. The molecular weight excluding hydrogens is 239 g/mol. The van der Waals surface area contributed by atoms with Gasteiger partial charge in [0.25, 0.3) is 0 Å². The van der Waals surface area contributed by atoms with Crippen molar-refractivity contribution in [3.63, 3.8) is 0 Å². The number of hydrogen-bond acceptors (Lipinski definition) is 4. The summed E-state index contributed by atoms with van der Waals surface area (Å²) in [4.78, 5) is 11.6. The van der Waals surface area contributed by atoms with Gasteiger partial charge in [-0.3, -0.25) is 4.79 Å². The van der Waals surface area contributed by atoms with Gasteiger partial charge in [0.15, 0.2) is 0 Å². The van der Waals surface area contributed by atoms with Gasteiger partial charge >= 0.3 is 0 Å². The first-order valence-corrected chi connectivity index (χ1v) is 5.47. The normalized spacial score (nSPS) is 12.0. The first-order chi connectivity index (χ1) is 8.60. The Morgan fingerprint density at radius 1 is 1.50 bits per heavy atom. The third-order valence-electron chi connectivity index (χ3n) is 2.46. The number of amides is 1. The van der Waals surface area contributed by atoms with E-state index < -0.39 is 5.82 Å². The van der Waals surface area contributed by atoms with Crippen molar-refractivity contribution in [1.29, 1.82) is 0 Å². The van der Waals surface area contributed by atoms with E-state index in [1.54, 1.807) is 0 Å². The molecule has 100 valence electrons. The summed E-state index contributed by atoms with van der Waals surface area (Å²) in [7, 11) is 2.94. The zero-order valence-corrected chi connectivity index (χ0v) is 10.4. The zero-order chi connectivity index (χ0) is 13.5. The molecule has 0 aliphatic heterocycles. The topological polar surface area (TPSA) is 73.6 Å². The highest BCUT2D eigenvalue weighted by Crippen LogP contribution is 2.21. The largest absolute Gasteiger partial charge is 0.497 e. The van der Waals surface area contributed by atoms with Gasteiger partial charge in [-0.25, -0.2) is 4.39 Å². The lowest BCUT2D eigenvalue weighted by atomic mass is 10.2. The van der Waals surface area contributed by atoms with Crippen molar-refractivity contribution in [2.45, 2.75) is 12.5 Å². The Morgan fingerprint density at radius 3 is 2.78 bits per heavy atom. The fourth-order valence-electron chi connectivity index (χ4n) is 1.40. The second kappa shape index (κ2) is 6.93. The fourth-order valence-corrected chi connectivity index (χ4v) is 1.40. The number of ether oxygens (including phenoxy) is 2. The van der Waals surface area contributed by atoms with E-state index in [1.807, 2.05) is 0 Å². The highest BCUT2D eigenvalue weighted by atomic mass is 19.1. The van der Waals surface area contributed by atoms with Crippen molar-refractivity contribution < 1.29 is 18.7 Å². The zero-order valence-electron chi connectivity index (χ0n) is 10.4. The van der Waals surface area contributed by atoms with E-state index in [1.165, 1.54) is 32.4 Å². The number of hydrogen-bond donors (Lipinski definition) is 2. The van der Waals surface area contributed by atoms with Crippen LogP contribution in [0.3, 0.4) is 0 Å². The number of carbonyl (C=O) groups excluding carboxylic acids is 1. The van der Waals surface area contributed by atoms with Crippen LogP contribution in [-0.2, 0) is 9.53 Å². The second-order valence-corrected chi connectivity index (χ2v) is 3.69. The van der Waals surface area contributed by atoms with Crippen LogP contribution in [0.15, 0.2) is 18.2 Å². The highest BCUT2D eigenvalue weighted by Gasteiger charge is 2.13. The second-order valence-electron chi connectivity index (χ2n) is 3.69. The lowest BCUT2D eigenvalue weighted by molar-refractivity contribution is -0.118. The standard InChI is InChI=1S/C12H17FN2O3/c1-17-8-3-4-10(13)11(5-8)15-12(16)6-9(7-14)18-2/h3-5,9H,6-7,14H2,1-2H3,(H,15,16). The SMILES string of the molecule is COc1ccc(F)c(NC(=O)CC(CN)OC)c1. The molecule has 0 saturated heterocycles. The molecule has 0 heterocycles. The summed E-state index contributed by atoms with van der Waals surface area (Å²) >= 11 is 0. The minimum Gasteiger partial charge on any atom is -0.497 e. The molecule has 1 rings (SSSR count). The predicted molar refractivity (Wildman–Crippen MR) is 66.1 cm³/mol. The molecule has 1 aromatic carbocycles. The number of benzene rings is 1. The van der Waals surface area contributed by atoms with Crippen molar-refractivity contribution in [3.05, 3.63) is 24.0 Å². The van der Waals surface area contributed by atoms with Gasteiger partial charge in [0.05, 0.1) is 25.3 Å². The van der Waals surface area contributed by atoms with Crippen LogP contribution in [0, 0.1) is 5.82 Å². The lowest BCUT2D eigenvalue weighted by Gasteiger charge is -2.13. The number of rotatable bonds is 6. The van der Waals surface area contributed by atoms with Crippen molar-refractivity contribution in [1.82, 2.24) is 0 Å². The van der Waals surface area contributed by atoms with Crippen LogP contribution >= 0.6 is 0 Å². The molecule has 6 heteroatoms. The predicted octanol–water partition coefficient (Wildman–Crippen LogP) is 1.14. The van der Waals surface area contributed by atoms with E-state index in [0.29, 0.717) is 5.75 Å². The molecule has 0 spiro atoms. The first kappa shape index (κ1) is 14.4. The highest BCUT2D eigenvalue weighted by molar-refractivity contribution is 5.91. The van der Waals surface area contributed by atoms with Crippen LogP contribution in [0.2, 0.25) is 0 Å². The van der Waals surface area contributed by atoms with Crippen molar-refractivity contribution >= 4 is 11.6 Å². The van der Waals surface area contributed by atoms with Crippen LogP contribution in [0.4, 0.5) is 10.1 Å². The summed E-state index contributed by atoms with van der Waals surface area (Å²) in [6.45, 7) is 0.227. The summed E-state index contributed by atoms with van der Waals surface area (Å²) in [6.07, 6.45) is -0.303. The summed E-state index contributed by atoms with van der Waals surface area (Å²) < 4.78 is 23.4. The van der Waals surface area contributed by atoms with Crippen molar-refractivity contribution in [2.75, 3.05) is 26.1 Å². The van der Waals surface area contributed by atoms with Gasteiger partial charge in [0, 0.05) is 19.7 Å². The summed E-state index contributed by atoms with van der Waals surface area (Å²) in [5, 5.41) is 2.45. The van der Waals surface area contributed by atoms with Gasteiger partial charge in [-0.15, -0.1) is 0 Å². The molecule has 1 atom stereocenters. The maximum atomic E-state index is 13.4. The molecular formula is C12H17FN2O3. The monoisotopic (exact) mass is 256 g/mol. The molecule has 0 saturated carbocycles. The minimum atomic E-state index is -0.522. The third kappa shape index (κ3) is 3.97. The number of methoxy groups -OCH3 is 2. The minimum absolute atomic E-state index is 0.0731. The number of nitrogens with one attached hydrogen (secondary N) is 1. The van der Waals surface area contributed by atoms with Gasteiger partial charge in [0.1, 0.15) is 11.6 Å². The average Bonchev–Trinajstić information content (AvgIpc) is 2.38.